The van der Waals surface area contributed by atoms with Crippen LogP contribution in [0.25, 0.3) is 0 Å². The molecule has 2 aromatic rings. The first-order valence-electron chi connectivity index (χ1n) is 9.31. The van der Waals surface area contributed by atoms with Crippen molar-refractivity contribution in [3.05, 3.63) is 45.9 Å². The molecule has 0 saturated carbocycles. The van der Waals surface area contributed by atoms with Gasteiger partial charge in [-0.05, 0) is 38.0 Å². The minimum absolute atomic E-state index is 0. The molecule has 0 unspecified atom stereocenters. The van der Waals surface area contributed by atoms with Gasteiger partial charge < -0.3 is 15.5 Å². The first kappa shape index (κ1) is 24.4. The summed E-state index contributed by atoms with van der Waals surface area (Å²) in [4.78, 5) is 23.1. The van der Waals surface area contributed by atoms with Crippen LogP contribution in [0.5, 0.6) is 0 Å². The summed E-state index contributed by atoms with van der Waals surface area (Å²) in [6.45, 7) is 8.12. The van der Waals surface area contributed by atoms with Crippen LogP contribution >= 0.6 is 35.3 Å². The Morgan fingerprint density at radius 2 is 2.11 bits per heavy atom. The van der Waals surface area contributed by atoms with E-state index in [9.17, 15) is 4.79 Å². The first-order valence-corrected chi connectivity index (χ1v) is 10.2. The number of rotatable bonds is 8. The van der Waals surface area contributed by atoms with Gasteiger partial charge in [-0.2, -0.15) is 0 Å². The standard InChI is InChI=1S/C20H29N5OS.HI/c1-5-8-19(26)24-17-10-7-9-16(11-17)12-22-20(21-6-2)25(4)13-18-14-27-15(3)23-18;/h7,9-11,14H,5-6,8,12-13H2,1-4H3,(H,21,22)(H,24,26);1H. The lowest BCUT2D eigenvalue weighted by Gasteiger charge is -2.21. The molecule has 1 amide bonds. The maximum absolute atomic E-state index is 11.8. The Morgan fingerprint density at radius 3 is 2.75 bits per heavy atom. The van der Waals surface area contributed by atoms with E-state index in [4.69, 9.17) is 4.99 Å². The lowest BCUT2D eigenvalue weighted by Crippen LogP contribution is -2.38. The number of halogens is 1. The number of thiazole rings is 1. The molecule has 8 heteroatoms. The monoisotopic (exact) mass is 515 g/mol. The van der Waals surface area contributed by atoms with Gasteiger partial charge in [-0.15, -0.1) is 35.3 Å². The number of carbonyl (C=O) groups excluding carboxylic acids is 1. The van der Waals surface area contributed by atoms with Crippen LogP contribution in [-0.4, -0.2) is 35.3 Å². The van der Waals surface area contributed by atoms with Gasteiger partial charge in [-0.3, -0.25) is 4.79 Å². The lowest BCUT2D eigenvalue weighted by atomic mass is 10.2. The van der Waals surface area contributed by atoms with Gasteiger partial charge in [0, 0.05) is 31.1 Å². The van der Waals surface area contributed by atoms with Gasteiger partial charge in [0.1, 0.15) is 0 Å². The molecule has 0 atom stereocenters. The quantitative estimate of drug-likeness (QED) is 0.311. The van der Waals surface area contributed by atoms with Crippen molar-refractivity contribution in [3.8, 4) is 0 Å². The largest absolute Gasteiger partial charge is 0.357 e. The van der Waals surface area contributed by atoms with Crippen molar-refractivity contribution >= 4 is 52.9 Å². The fraction of sp³-hybridized carbons (Fsp3) is 0.450. The summed E-state index contributed by atoms with van der Waals surface area (Å²) in [6, 6.07) is 7.85. The van der Waals surface area contributed by atoms with Crippen LogP contribution in [-0.2, 0) is 17.9 Å². The highest BCUT2D eigenvalue weighted by atomic mass is 127. The van der Waals surface area contributed by atoms with Crippen molar-refractivity contribution in [1.82, 2.24) is 15.2 Å². The molecule has 0 fully saturated rings. The molecule has 1 aromatic heterocycles. The fourth-order valence-electron chi connectivity index (χ4n) is 2.63. The average molecular weight is 515 g/mol. The second kappa shape index (κ2) is 12.7. The molecular weight excluding hydrogens is 485 g/mol. The number of guanidine groups is 1. The van der Waals surface area contributed by atoms with Gasteiger partial charge in [0.25, 0.3) is 0 Å². The topological polar surface area (TPSA) is 69.6 Å². The molecule has 6 nitrogen and oxygen atoms in total. The number of amides is 1. The number of anilines is 1. The van der Waals surface area contributed by atoms with E-state index in [0.717, 1.165) is 40.9 Å². The molecule has 0 aliphatic rings. The zero-order valence-electron chi connectivity index (χ0n) is 17.0. The lowest BCUT2D eigenvalue weighted by molar-refractivity contribution is -0.116. The summed E-state index contributed by atoms with van der Waals surface area (Å²) in [5.41, 5.74) is 2.92. The Balaban J connectivity index is 0.00000392. The third kappa shape index (κ3) is 8.14. The third-order valence-corrected chi connectivity index (χ3v) is 4.68. The Labute approximate surface area is 188 Å². The highest BCUT2D eigenvalue weighted by molar-refractivity contribution is 14.0. The van der Waals surface area contributed by atoms with E-state index >= 15 is 0 Å². The Morgan fingerprint density at radius 1 is 1.32 bits per heavy atom. The number of carbonyl (C=O) groups is 1. The minimum Gasteiger partial charge on any atom is -0.357 e. The predicted octanol–water partition coefficient (Wildman–Crippen LogP) is 4.41. The molecular formula is C20H30IN5OS. The Hall–Kier alpha value is -1.68. The maximum atomic E-state index is 11.8. The molecule has 1 heterocycles. The second-order valence-electron chi connectivity index (χ2n) is 6.38. The number of hydrogen-bond acceptors (Lipinski definition) is 4. The van der Waals surface area contributed by atoms with E-state index in [2.05, 4.69) is 32.8 Å². The van der Waals surface area contributed by atoms with Gasteiger partial charge in [0.05, 0.1) is 23.8 Å². The predicted molar refractivity (Wildman–Crippen MR) is 129 cm³/mol. The van der Waals surface area contributed by atoms with Crippen LogP contribution < -0.4 is 10.6 Å². The van der Waals surface area contributed by atoms with Crippen molar-refractivity contribution in [2.24, 2.45) is 4.99 Å². The molecule has 0 radical (unpaired) electrons. The molecule has 154 valence electrons. The van der Waals surface area contributed by atoms with Crippen LogP contribution in [0, 0.1) is 6.92 Å². The van der Waals surface area contributed by atoms with E-state index < -0.39 is 0 Å². The van der Waals surface area contributed by atoms with Crippen LogP contribution in [0.2, 0.25) is 0 Å². The van der Waals surface area contributed by atoms with Crippen molar-refractivity contribution in [2.45, 2.75) is 46.7 Å². The second-order valence-corrected chi connectivity index (χ2v) is 7.44. The van der Waals surface area contributed by atoms with Crippen LogP contribution in [0.15, 0.2) is 34.6 Å². The molecule has 0 aliphatic carbocycles. The number of nitrogens with zero attached hydrogens (tertiary/aromatic N) is 3. The van der Waals surface area contributed by atoms with E-state index in [1.54, 1.807) is 11.3 Å². The molecule has 0 aliphatic heterocycles. The molecule has 0 bridgehead atoms. The van der Waals surface area contributed by atoms with Crippen molar-refractivity contribution in [2.75, 3.05) is 18.9 Å². The van der Waals surface area contributed by atoms with Gasteiger partial charge in [-0.25, -0.2) is 9.98 Å². The molecule has 0 spiro atoms. The summed E-state index contributed by atoms with van der Waals surface area (Å²) < 4.78 is 0. The van der Waals surface area contributed by atoms with Gasteiger partial charge in [0.15, 0.2) is 5.96 Å². The van der Waals surface area contributed by atoms with E-state index in [0.29, 0.717) is 19.5 Å². The Kier molecular flexibility index (Phi) is 11.1. The summed E-state index contributed by atoms with van der Waals surface area (Å²) in [7, 11) is 2.01. The molecule has 0 saturated heterocycles. The molecule has 28 heavy (non-hydrogen) atoms. The smallest absolute Gasteiger partial charge is 0.224 e. The number of benzene rings is 1. The van der Waals surface area contributed by atoms with Crippen molar-refractivity contribution in [1.29, 1.82) is 0 Å². The molecule has 2 rings (SSSR count). The normalized spacial score (nSPS) is 10.9. The highest BCUT2D eigenvalue weighted by Gasteiger charge is 2.09. The van der Waals surface area contributed by atoms with E-state index in [1.807, 2.05) is 45.2 Å². The van der Waals surface area contributed by atoms with E-state index in [-0.39, 0.29) is 29.9 Å². The van der Waals surface area contributed by atoms with Crippen LogP contribution in [0.3, 0.4) is 0 Å². The maximum Gasteiger partial charge on any atom is 0.224 e. The number of aliphatic imine (C=N–C) groups is 1. The zero-order valence-corrected chi connectivity index (χ0v) is 20.1. The van der Waals surface area contributed by atoms with Gasteiger partial charge in [-0.1, -0.05) is 19.1 Å². The number of nitrogens with one attached hydrogen (secondary N) is 2. The van der Waals surface area contributed by atoms with Crippen LogP contribution in [0.4, 0.5) is 5.69 Å². The van der Waals surface area contributed by atoms with Crippen molar-refractivity contribution < 1.29 is 4.79 Å². The first-order chi connectivity index (χ1) is 13.0. The zero-order chi connectivity index (χ0) is 19.6. The summed E-state index contributed by atoms with van der Waals surface area (Å²) in [6.07, 6.45) is 1.38. The Bertz CT molecular complexity index is 777. The number of aromatic nitrogens is 1. The summed E-state index contributed by atoms with van der Waals surface area (Å²) >= 11 is 1.66. The summed E-state index contributed by atoms with van der Waals surface area (Å²) in [5, 5.41) is 9.41. The SMILES string of the molecule is CCCC(=O)Nc1cccc(CN=C(NCC)N(C)Cc2csc(C)n2)c1.I. The fourth-order valence-corrected chi connectivity index (χ4v) is 3.24. The van der Waals surface area contributed by atoms with Crippen LogP contribution in [0.1, 0.15) is 43.0 Å². The van der Waals surface area contributed by atoms with Crippen molar-refractivity contribution in [3.63, 3.8) is 0 Å². The number of aryl methyl sites for hydroxylation is 1. The average Bonchev–Trinajstić information content (AvgIpc) is 3.03. The number of hydrogen-bond donors (Lipinski definition) is 2. The van der Waals surface area contributed by atoms with Gasteiger partial charge >= 0.3 is 0 Å². The third-order valence-electron chi connectivity index (χ3n) is 3.86. The van der Waals surface area contributed by atoms with E-state index in [1.165, 1.54) is 0 Å². The summed E-state index contributed by atoms with van der Waals surface area (Å²) in [5.74, 6) is 0.883. The van der Waals surface area contributed by atoms with Gasteiger partial charge in [0.2, 0.25) is 5.91 Å². The highest BCUT2D eigenvalue weighted by Crippen LogP contribution is 2.13. The molecule has 2 N–H and O–H groups in total. The molecule has 1 aromatic carbocycles. The minimum atomic E-state index is 0.